The lowest BCUT2D eigenvalue weighted by atomic mass is 10.1. The van der Waals surface area contributed by atoms with E-state index in [1.807, 2.05) is 32.0 Å². The molecule has 0 aliphatic heterocycles. The Labute approximate surface area is 186 Å². The molecule has 0 saturated carbocycles. The minimum Gasteiger partial charge on any atom is -0.484 e. The van der Waals surface area contributed by atoms with Crippen molar-refractivity contribution in [3.05, 3.63) is 94.8 Å². The number of nitrogens with zero attached hydrogens (tertiary/aromatic N) is 1. The molecule has 3 aromatic carbocycles. The number of halogens is 1. The molecule has 0 saturated heterocycles. The van der Waals surface area contributed by atoms with Gasteiger partial charge in [0.25, 0.3) is 11.8 Å². The van der Waals surface area contributed by atoms with Crippen LogP contribution in [0, 0.1) is 19.7 Å². The largest absolute Gasteiger partial charge is 0.484 e. The van der Waals surface area contributed by atoms with Crippen molar-refractivity contribution >= 4 is 23.2 Å². The molecule has 0 radical (unpaired) electrons. The highest BCUT2D eigenvalue weighted by Gasteiger charge is 2.09. The van der Waals surface area contributed by atoms with E-state index in [0.29, 0.717) is 22.7 Å². The molecule has 7 heteroatoms. The van der Waals surface area contributed by atoms with Crippen LogP contribution in [0.4, 0.5) is 10.1 Å². The van der Waals surface area contributed by atoms with E-state index in [1.165, 1.54) is 24.3 Å². The van der Waals surface area contributed by atoms with Crippen LogP contribution in [0.5, 0.6) is 5.75 Å². The first-order valence-electron chi connectivity index (χ1n) is 10.0. The number of rotatable bonds is 7. The van der Waals surface area contributed by atoms with Crippen LogP contribution in [-0.4, -0.2) is 24.1 Å². The molecule has 2 N–H and O–H groups in total. The number of hydrogen-bond acceptors (Lipinski definition) is 4. The van der Waals surface area contributed by atoms with Crippen LogP contribution < -0.4 is 15.5 Å². The molecule has 6 nitrogen and oxygen atoms in total. The van der Waals surface area contributed by atoms with Crippen LogP contribution in [0.1, 0.15) is 34.0 Å². The predicted molar refractivity (Wildman–Crippen MR) is 123 cm³/mol. The summed E-state index contributed by atoms with van der Waals surface area (Å²) < 4.78 is 18.9. The molecule has 32 heavy (non-hydrogen) atoms. The van der Waals surface area contributed by atoms with Crippen LogP contribution in [0.25, 0.3) is 0 Å². The Hall–Kier alpha value is -4.00. The number of anilines is 1. The van der Waals surface area contributed by atoms with Crippen LogP contribution in [-0.2, 0) is 4.79 Å². The van der Waals surface area contributed by atoms with Gasteiger partial charge in [-0.15, -0.1) is 0 Å². The first kappa shape index (κ1) is 22.7. The fourth-order valence-corrected chi connectivity index (χ4v) is 3.06. The lowest BCUT2D eigenvalue weighted by Crippen LogP contribution is -2.25. The van der Waals surface area contributed by atoms with Gasteiger partial charge in [0.05, 0.1) is 5.71 Å². The molecule has 0 unspecified atom stereocenters. The summed E-state index contributed by atoms with van der Waals surface area (Å²) in [5.41, 5.74) is 6.57. The number of hydrogen-bond donors (Lipinski definition) is 2. The molecule has 0 aromatic heterocycles. The quantitative estimate of drug-likeness (QED) is 0.422. The molecule has 0 aliphatic carbocycles. The van der Waals surface area contributed by atoms with Crippen LogP contribution in [0.3, 0.4) is 0 Å². The van der Waals surface area contributed by atoms with E-state index in [9.17, 15) is 14.0 Å². The van der Waals surface area contributed by atoms with E-state index in [1.54, 1.807) is 31.2 Å². The maximum Gasteiger partial charge on any atom is 0.277 e. The number of carbonyl (C=O) groups is 2. The van der Waals surface area contributed by atoms with Gasteiger partial charge in [0, 0.05) is 11.3 Å². The number of aryl methyl sites for hydroxylation is 2. The molecular weight excluding hydrogens is 409 g/mol. The average molecular weight is 433 g/mol. The zero-order valence-electron chi connectivity index (χ0n) is 18.1. The van der Waals surface area contributed by atoms with E-state index >= 15 is 0 Å². The van der Waals surface area contributed by atoms with Crippen molar-refractivity contribution in [1.82, 2.24) is 5.43 Å². The van der Waals surface area contributed by atoms with Crippen molar-refractivity contribution in [2.24, 2.45) is 5.10 Å². The van der Waals surface area contributed by atoms with Gasteiger partial charge in [-0.05, 0) is 79.9 Å². The number of benzene rings is 3. The van der Waals surface area contributed by atoms with Crippen molar-refractivity contribution in [2.45, 2.75) is 20.8 Å². The molecule has 0 bridgehead atoms. The smallest absolute Gasteiger partial charge is 0.277 e. The molecule has 0 heterocycles. The van der Waals surface area contributed by atoms with Gasteiger partial charge in [-0.2, -0.15) is 5.10 Å². The molecule has 0 spiro atoms. The van der Waals surface area contributed by atoms with Gasteiger partial charge in [-0.3, -0.25) is 9.59 Å². The molecule has 0 fully saturated rings. The molecule has 3 aromatic rings. The standard InChI is InChI=1S/C25H24FN3O3/c1-16-10-17(2)12-23(11-16)32-15-24(30)29-28-18(3)19-6-5-9-22(14-19)27-25(31)20-7-4-8-21(26)13-20/h4-14H,15H2,1-3H3,(H,27,31)(H,29,30). The predicted octanol–water partition coefficient (Wildman–Crippen LogP) is 4.61. The second-order valence-electron chi connectivity index (χ2n) is 7.39. The van der Waals surface area contributed by atoms with Crippen molar-refractivity contribution < 1.29 is 18.7 Å². The third kappa shape index (κ3) is 6.50. The maximum atomic E-state index is 13.3. The van der Waals surface area contributed by atoms with Crippen molar-refractivity contribution in [3.63, 3.8) is 0 Å². The minimum atomic E-state index is -0.480. The summed E-state index contributed by atoms with van der Waals surface area (Å²) in [4.78, 5) is 24.4. The second-order valence-corrected chi connectivity index (χ2v) is 7.39. The van der Waals surface area contributed by atoms with Crippen LogP contribution in [0.2, 0.25) is 0 Å². The molecule has 2 amide bonds. The lowest BCUT2D eigenvalue weighted by Gasteiger charge is -2.09. The first-order chi connectivity index (χ1) is 15.3. The van der Waals surface area contributed by atoms with Crippen LogP contribution >= 0.6 is 0 Å². The Morgan fingerprint density at radius 1 is 0.938 bits per heavy atom. The van der Waals surface area contributed by atoms with E-state index in [-0.39, 0.29) is 18.1 Å². The highest BCUT2D eigenvalue weighted by molar-refractivity contribution is 6.05. The number of hydrazone groups is 1. The van der Waals surface area contributed by atoms with Crippen molar-refractivity contribution in [2.75, 3.05) is 11.9 Å². The van der Waals surface area contributed by atoms with E-state index in [0.717, 1.165) is 11.1 Å². The van der Waals surface area contributed by atoms with Crippen molar-refractivity contribution in [1.29, 1.82) is 0 Å². The second kappa shape index (κ2) is 10.3. The third-order valence-electron chi connectivity index (χ3n) is 4.54. The molecule has 164 valence electrons. The zero-order valence-corrected chi connectivity index (χ0v) is 18.1. The summed E-state index contributed by atoms with van der Waals surface area (Å²) in [6, 6.07) is 18.2. The fraction of sp³-hybridized carbons (Fsp3) is 0.160. The first-order valence-corrected chi connectivity index (χ1v) is 10.0. The summed E-state index contributed by atoms with van der Waals surface area (Å²) in [6.07, 6.45) is 0. The minimum absolute atomic E-state index is 0.163. The Balaban J connectivity index is 1.58. The fourth-order valence-electron chi connectivity index (χ4n) is 3.06. The summed E-state index contributed by atoms with van der Waals surface area (Å²) in [5, 5.41) is 6.83. The van der Waals surface area contributed by atoms with Gasteiger partial charge in [0.1, 0.15) is 11.6 Å². The van der Waals surface area contributed by atoms with E-state index in [2.05, 4.69) is 15.8 Å². The van der Waals surface area contributed by atoms with Gasteiger partial charge < -0.3 is 10.1 Å². The molecule has 0 aliphatic rings. The molecule has 3 rings (SSSR count). The van der Waals surface area contributed by atoms with Gasteiger partial charge in [0.2, 0.25) is 0 Å². The summed E-state index contributed by atoms with van der Waals surface area (Å²) >= 11 is 0. The zero-order chi connectivity index (χ0) is 23.1. The topological polar surface area (TPSA) is 79.8 Å². The summed E-state index contributed by atoms with van der Waals surface area (Å²) in [6.45, 7) is 5.49. The highest BCUT2D eigenvalue weighted by Crippen LogP contribution is 2.16. The molecule has 0 atom stereocenters. The van der Waals surface area contributed by atoms with E-state index < -0.39 is 11.7 Å². The SMILES string of the molecule is CC(=NNC(=O)COc1cc(C)cc(C)c1)c1cccc(NC(=O)c2cccc(F)c2)c1. The number of ether oxygens (including phenoxy) is 1. The molecular formula is C25H24FN3O3. The van der Waals surface area contributed by atoms with Gasteiger partial charge >= 0.3 is 0 Å². The van der Waals surface area contributed by atoms with Gasteiger partial charge in [0.15, 0.2) is 6.61 Å². The average Bonchev–Trinajstić information content (AvgIpc) is 2.75. The Morgan fingerprint density at radius 2 is 1.62 bits per heavy atom. The Morgan fingerprint density at radius 3 is 2.34 bits per heavy atom. The number of amides is 2. The van der Waals surface area contributed by atoms with Gasteiger partial charge in [-0.1, -0.05) is 24.3 Å². The van der Waals surface area contributed by atoms with Crippen LogP contribution in [0.15, 0.2) is 71.8 Å². The van der Waals surface area contributed by atoms with Gasteiger partial charge in [-0.25, -0.2) is 9.82 Å². The van der Waals surface area contributed by atoms with E-state index in [4.69, 9.17) is 4.74 Å². The summed E-state index contributed by atoms with van der Waals surface area (Å²) in [5.74, 6) is -0.668. The monoisotopic (exact) mass is 433 g/mol. The Kier molecular flexibility index (Phi) is 7.33. The number of nitrogens with one attached hydrogen (secondary N) is 2. The normalized spacial score (nSPS) is 11.1. The lowest BCUT2D eigenvalue weighted by molar-refractivity contribution is -0.123. The maximum absolute atomic E-state index is 13.3. The van der Waals surface area contributed by atoms with Crippen molar-refractivity contribution in [3.8, 4) is 5.75 Å². The Bertz CT molecular complexity index is 1150. The highest BCUT2D eigenvalue weighted by atomic mass is 19.1. The number of carbonyl (C=O) groups excluding carboxylic acids is 2. The summed E-state index contributed by atoms with van der Waals surface area (Å²) in [7, 11) is 0. The third-order valence-corrected chi connectivity index (χ3v) is 4.54.